The molecule has 1 aliphatic rings. The smallest absolute Gasteiger partial charge is 0.237 e. The van der Waals surface area contributed by atoms with Gasteiger partial charge in [-0.15, -0.1) is 0 Å². The van der Waals surface area contributed by atoms with E-state index in [9.17, 15) is 9.90 Å². The van der Waals surface area contributed by atoms with Crippen LogP contribution in [0.25, 0.3) is 0 Å². The van der Waals surface area contributed by atoms with Gasteiger partial charge in [0, 0.05) is 17.6 Å². The van der Waals surface area contributed by atoms with Gasteiger partial charge in [-0.05, 0) is 31.0 Å². The standard InChI is InChI=1S/C14H19BrN2O3/c15-10-3-1-4-12(7-10)20-9-11(18)8-17-13-5-2-6-16-14(13)19/h1,3-4,7,11,13,17-18H,2,5-6,8-9H2,(H,16,19). The zero-order chi connectivity index (χ0) is 14.4. The molecule has 110 valence electrons. The number of hydrogen-bond acceptors (Lipinski definition) is 4. The summed E-state index contributed by atoms with van der Waals surface area (Å²) in [6.45, 7) is 1.27. The summed E-state index contributed by atoms with van der Waals surface area (Å²) in [4.78, 5) is 11.5. The summed E-state index contributed by atoms with van der Waals surface area (Å²) >= 11 is 3.36. The Morgan fingerprint density at radius 1 is 1.55 bits per heavy atom. The van der Waals surface area contributed by atoms with Crippen LogP contribution in [0, 0.1) is 0 Å². The summed E-state index contributed by atoms with van der Waals surface area (Å²) in [6, 6.07) is 7.25. The number of aliphatic hydroxyl groups excluding tert-OH is 1. The molecule has 1 heterocycles. The number of hydrogen-bond donors (Lipinski definition) is 3. The molecule has 0 spiro atoms. The molecule has 2 atom stereocenters. The van der Waals surface area contributed by atoms with Crippen molar-refractivity contribution >= 4 is 21.8 Å². The molecule has 0 saturated carbocycles. The van der Waals surface area contributed by atoms with Gasteiger partial charge in [-0.2, -0.15) is 0 Å². The van der Waals surface area contributed by atoms with Gasteiger partial charge in [-0.25, -0.2) is 0 Å². The van der Waals surface area contributed by atoms with Crippen molar-refractivity contribution in [1.29, 1.82) is 0 Å². The van der Waals surface area contributed by atoms with Crippen LogP contribution < -0.4 is 15.4 Å². The van der Waals surface area contributed by atoms with Gasteiger partial charge in [-0.1, -0.05) is 22.0 Å². The minimum Gasteiger partial charge on any atom is -0.491 e. The first-order valence-electron chi connectivity index (χ1n) is 6.72. The average molecular weight is 343 g/mol. The maximum absolute atomic E-state index is 11.5. The molecule has 1 saturated heterocycles. The van der Waals surface area contributed by atoms with E-state index < -0.39 is 6.10 Å². The number of piperidine rings is 1. The molecule has 1 amide bonds. The number of halogens is 1. The van der Waals surface area contributed by atoms with Gasteiger partial charge in [0.2, 0.25) is 5.91 Å². The van der Waals surface area contributed by atoms with E-state index in [1.165, 1.54) is 0 Å². The van der Waals surface area contributed by atoms with Crippen LogP contribution in [0.3, 0.4) is 0 Å². The van der Waals surface area contributed by atoms with Crippen LogP contribution in [0.1, 0.15) is 12.8 Å². The fraction of sp³-hybridized carbons (Fsp3) is 0.500. The lowest BCUT2D eigenvalue weighted by Crippen LogP contribution is -2.50. The van der Waals surface area contributed by atoms with Crippen LogP contribution in [-0.2, 0) is 4.79 Å². The molecule has 0 aromatic heterocycles. The summed E-state index contributed by atoms with van der Waals surface area (Å²) in [5.74, 6) is 0.713. The Kier molecular flexibility index (Phi) is 5.82. The number of rotatable bonds is 6. The maximum atomic E-state index is 11.5. The minimum atomic E-state index is -0.649. The second kappa shape index (κ2) is 7.61. The van der Waals surface area contributed by atoms with Crippen molar-refractivity contribution in [3.8, 4) is 5.75 Å². The fourth-order valence-electron chi connectivity index (χ4n) is 2.05. The summed E-state index contributed by atoms with van der Waals surface area (Å²) in [6.07, 6.45) is 1.13. The van der Waals surface area contributed by atoms with E-state index in [1.807, 2.05) is 24.3 Å². The number of aliphatic hydroxyl groups is 1. The third-order valence-corrected chi connectivity index (χ3v) is 3.62. The van der Waals surface area contributed by atoms with E-state index in [0.29, 0.717) is 12.3 Å². The monoisotopic (exact) mass is 342 g/mol. The summed E-state index contributed by atoms with van der Waals surface area (Å²) < 4.78 is 6.43. The van der Waals surface area contributed by atoms with Gasteiger partial charge in [0.1, 0.15) is 18.5 Å². The zero-order valence-electron chi connectivity index (χ0n) is 11.1. The normalized spacial score (nSPS) is 20.3. The molecule has 1 aliphatic heterocycles. The molecular formula is C14H19BrN2O3. The molecule has 2 unspecified atom stereocenters. The molecule has 6 heteroatoms. The number of benzene rings is 1. The second-order valence-electron chi connectivity index (χ2n) is 4.82. The van der Waals surface area contributed by atoms with Gasteiger partial charge in [0.15, 0.2) is 0 Å². The Labute approximate surface area is 126 Å². The SMILES string of the molecule is O=C1NCCCC1NCC(O)COc1cccc(Br)c1. The Hall–Kier alpha value is -1.11. The van der Waals surface area contributed by atoms with Crippen LogP contribution in [0.15, 0.2) is 28.7 Å². The lowest BCUT2D eigenvalue weighted by atomic mass is 10.1. The summed E-state index contributed by atoms with van der Waals surface area (Å²) in [5.41, 5.74) is 0. The first-order valence-corrected chi connectivity index (χ1v) is 7.52. The Morgan fingerprint density at radius 3 is 3.15 bits per heavy atom. The second-order valence-corrected chi connectivity index (χ2v) is 5.73. The fourth-order valence-corrected chi connectivity index (χ4v) is 2.43. The van der Waals surface area contributed by atoms with Crippen molar-refractivity contribution in [2.45, 2.75) is 25.0 Å². The topological polar surface area (TPSA) is 70.6 Å². The van der Waals surface area contributed by atoms with Crippen molar-refractivity contribution in [1.82, 2.24) is 10.6 Å². The van der Waals surface area contributed by atoms with E-state index >= 15 is 0 Å². The first kappa shape index (κ1) is 15.3. The van der Waals surface area contributed by atoms with Gasteiger partial charge in [0.25, 0.3) is 0 Å². The van der Waals surface area contributed by atoms with Crippen molar-refractivity contribution in [3.63, 3.8) is 0 Å². The van der Waals surface area contributed by atoms with Crippen LogP contribution in [0.5, 0.6) is 5.75 Å². The van der Waals surface area contributed by atoms with Crippen LogP contribution in [0.4, 0.5) is 0 Å². The van der Waals surface area contributed by atoms with Crippen LogP contribution in [0.2, 0.25) is 0 Å². The van der Waals surface area contributed by atoms with Crippen molar-refractivity contribution < 1.29 is 14.6 Å². The molecule has 20 heavy (non-hydrogen) atoms. The van der Waals surface area contributed by atoms with Gasteiger partial charge in [0.05, 0.1) is 6.04 Å². The van der Waals surface area contributed by atoms with E-state index in [1.54, 1.807) is 0 Å². The average Bonchev–Trinajstić information content (AvgIpc) is 2.44. The van der Waals surface area contributed by atoms with E-state index in [-0.39, 0.29) is 18.6 Å². The minimum absolute atomic E-state index is 0.0105. The van der Waals surface area contributed by atoms with Crippen molar-refractivity contribution in [2.24, 2.45) is 0 Å². The first-order chi connectivity index (χ1) is 9.65. The lowest BCUT2D eigenvalue weighted by molar-refractivity contribution is -0.124. The number of ether oxygens (including phenoxy) is 1. The Bertz CT molecular complexity index is 456. The van der Waals surface area contributed by atoms with Gasteiger partial charge in [-0.3, -0.25) is 4.79 Å². The molecule has 0 radical (unpaired) electrons. The molecule has 3 N–H and O–H groups in total. The molecule has 1 aromatic rings. The number of nitrogens with one attached hydrogen (secondary N) is 2. The maximum Gasteiger partial charge on any atom is 0.237 e. The molecule has 0 bridgehead atoms. The van der Waals surface area contributed by atoms with Gasteiger partial charge < -0.3 is 20.5 Å². The Balaban J connectivity index is 1.70. The molecule has 2 rings (SSSR count). The van der Waals surface area contributed by atoms with Crippen molar-refractivity contribution in [2.75, 3.05) is 19.7 Å². The van der Waals surface area contributed by atoms with E-state index in [2.05, 4.69) is 26.6 Å². The molecular weight excluding hydrogens is 324 g/mol. The molecule has 1 fully saturated rings. The summed E-state index contributed by atoms with van der Waals surface area (Å²) in [7, 11) is 0. The Morgan fingerprint density at radius 2 is 2.40 bits per heavy atom. The predicted octanol–water partition coefficient (Wildman–Crippen LogP) is 1.06. The van der Waals surface area contributed by atoms with E-state index in [4.69, 9.17) is 4.74 Å². The molecule has 1 aromatic carbocycles. The molecule has 5 nitrogen and oxygen atoms in total. The highest BCUT2D eigenvalue weighted by atomic mass is 79.9. The number of carbonyl (C=O) groups excluding carboxylic acids is 1. The largest absolute Gasteiger partial charge is 0.491 e. The molecule has 0 aliphatic carbocycles. The van der Waals surface area contributed by atoms with E-state index in [0.717, 1.165) is 23.9 Å². The van der Waals surface area contributed by atoms with Crippen LogP contribution in [-0.4, -0.2) is 42.9 Å². The predicted molar refractivity (Wildman–Crippen MR) is 79.7 cm³/mol. The lowest BCUT2D eigenvalue weighted by Gasteiger charge is -2.24. The van der Waals surface area contributed by atoms with Crippen LogP contribution >= 0.6 is 15.9 Å². The number of carbonyl (C=O) groups is 1. The highest BCUT2D eigenvalue weighted by Crippen LogP contribution is 2.17. The summed E-state index contributed by atoms with van der Waals surface area (Å²) in [5, 5.41) is 15.7. The highest BCUT2D eigenvalue weighted by molar-refractivity contribution is 9.10. The third-order valence-electron chi connectivity index (χ3n) is 3.12. The van der Waals surface area contributed by atoms with Gasteiger partial charge >= 0.3 is 0 Å². The zero-order valence-corrected chi connectivity index (χ0v) is 12.7. The third kappa shape index (κ3) is 4.77. The quantitative estimate of drug-likeness (QED) is 0.722. The van der Waals surface area contributed by atoms with Crippen molar-refractivity contribution in [3.05, 3.63) is 28.7 Å². The number of amides is 1. The highest BCUT2D eigenvalue weighted by Gasteiger charge is 2.21.